The van der Waals surface area contributed by atoms with Crippen LogP contribution in [0.2, 0.25) is 5.28 Å². The molecule has 0 saturated heterocycles. The molecule has 20 heteroatoms. The Morgan fingerprint density at radius 1 is 0.795 bits per heavy atom. The lowest BCUT2D eigenvalue weighted by Gasteiger charge is -2.15. The first kappa shape index (κ1) is 31.1. The first-order valence-corrected chi connectivity index (χ1v) is 16.5. The molecule has 1 heterocycles. The number of phenols is 1. The summed E-state index contributed by atoms with van der Waals surface area (Å²) in [6.07, 6.45) is 0. The number of hydrogen-bond donors (Lipinski definition) is 5. The molecule has 5 N–H and O–H groups in total. The number of aromatic hydroxyl groups is 1. The van der Waals surface area contributed by atoms with Crippen molar-refractivity contribution >= 4 is 86.5 Å². The third-order valence-electron chi connectivity index (χ3n) is 6.04. The van der Waals surface area contributed by atoms with E-state index in [4.69, 9.17) is 11.6 Å². The summed E-state index contributed by atoms with van der Waals surface area (Å²) < 4.78 is 103. The topological polar surface area (TPSA) is 259 Å². The minimum atomic E-state index is -5.22. The maximum absolute atomic E-state index is 12.4. The number of anilines is 2. The van der Waals surface area contributed by atoms with Crippen molar-refractivity contribution < 1.29 is 44.0 Å². The second-order valence-corrected chi connectivity index (χ2v) is 13.5. The van der Waals surface area contributed by atoms with Gasteiger partial charge < -0.3 is 10.4 Å². The molecule has 0 bridgehead atoms. The van der Waals surface area contributed by atoms with Crippen molar-refractivity contribution in [1.29, 1.82) is 0 Å². The Morgan fingerprint density at radius 3 is 2.14 bits per heavy atom. The lowest BCUT2D eigenvalue weighted by molar-refractivity contribution is 0.472. The Bertz CT molecular complexity index is 2370. The summed E-state index contributed by atoms with van der Waals surface area (Å²) in [5.41, 5.74) is -1.67. The fourth-order valence-corrected chi connectivity index (χ4v) is 6.55. The van der Waals surface area contributed by atoms with Gasteiger partial charge in [-0.2, -0.15) is 35.2 Å². The highest BCUT2D eigenvalue weighted by molar-refractivity contribution is 7.86. The number of nitrogens with one attached hydrogen (secondary N) is 1. The Balaban J connectivity index is 1.82. The molecule has 0 aliphatic rings. The van der Waals surface area contributed by atoms with Gasteiger partial charge in [0.15, 0.2) is 5.75 Å². The van der Waals surface area contributed by atoms with Crippen molar-refractivity contribution in [2.45, 2.75) is 21.6 Å². The van der Waals surface area contributed by atoms with Crippen LogP contribution in [0.15, 0.2) is 79.5 Å². The van der Waals surface area contributed by atoms with Gasteiger partial charge in [0, 0.05) is 10.8 Å². The van der Waals surface area contributed by atoms with Crippen molar-refractivity contribution in [3.8, 4) is 5.75 Å². The largest absolute Gasteiger partial charge is 0.505 e. The number of aryl methyl sites for hydroxylation is 1. The number of nitrogens with zero attached hydrogens (tertiary/aromatic N) is 5. The molecule has 0 unspecified atom stereocenters. The fraction of sp³-hybridized carbons (Fsp3) is 0.0417. The number of phenolic OH excluding ortho intramolecular Hbond substituents is 1. The third-order valence-corrected chi connectivity index (χ3v) is 8.85. The summed E-state index contributed by atoms with van der Waals surface area (Å²) >= 11 is 5.88. The number of benzene rings is 4. The van der Waals surface area contributed by atoms with Gasteiger partial charge in [-0.1, -0.05) is 30.3 Å². The van der Waals surface area contributed by atoms with E-state index in [1.54, 1.807) is 12.1 Å². The lowest BCUT2D eigenvalue weighted by Crippen LogP contribution is -2.05. The summed E-state index contributed by atoms with van der Waals surface area (Å²) in [5.74, 6) is -1.10. The first-order valence-electron chi connectivity index (χ1n) is 11.8. The number of hydrogen-bond acceptors (Lipinski definition) is 13. The highest BCUT2D eigenvalue weighted by atomic mass is 35.5. The molecular weight excluding hydrogens is 664 g/mol. The van der Waals surface area contributed by atoms with E-state index in [1.165, 1.54) is 31.2 Å². The Labute approximate surface area is 253 Å². The van der Waals surface area contributed by atoms with E-state index < -0.39 is 62.2 Å². The summed E-state index contributed by atoms with van der Waals surface area (Å²) in [5, 5.41) is 21.0. The number of azo groups is 1. The van der Waals surface area contributed by atoms with Gasteiger partial charge in [0.1, 0.15) is 27.0 Å². The standard InChI is InChI=1S/C24H17ClN6O10S3/c1-11-26-23(25)29-24(27-11)28-17-10-14(42(33,34)35)8-13-9-18(43(36,37)38)20(21(32)19(13)17)31-30-16-7-6-12-4-2-3-5-15(12)22(16)44(39,40)41/h2-10,32H,1H3,(H,33,34,35)(H,36,37,38)(H,39,40,41)(H,26,27,28,29). The summed E-state index contributed by atoms with van der Waals surface area (Å²) in [6.45, 7) is 1.47. The Kier molecular flexibility index (Phi) is 7.74. The van der Waals surface area contributed by atoms with Crippen LogP contribution in [0.4, 0.5) is 23.0 Å². The molecule has 1 aromatic heterocycles. The minimum Gasteiger partial charge on any atom is -0.505 e. The van der Waals surface area contributed by atoms with E-state index in [0.29, 0.717) is 5.39 Å². The van der Waals surface area contributed by atoms with Crippen molar-refractivity contribution in [3.05, 3.63) is 65.7 Å². The van der Waals surface area contributed by atoms with Crippen molar-refractivity contribution in [2.75, 3.05) is 5.32 Å². The molecule has 228 valence electrons. The number of aromatic nitrogens is 3. The maximum Gasteiger partial charge on any atom is 0.297 e. The van der Waals surface area contributed by atoms with E-state index in [1.807, 2.05) is 0 Å². The van der Waals surface area contributed by atoms with E-state index in [9.17, 15) is 44.0 Å². The zero-order valence-corrected chi connectivity index (χ0v) is 25.0. The average molecular weight is 681 g/mol. The molecule has 0 aliphatic heterocycles. The van der Waals surface area contributed by atoms with Crippen LogP contribution in [0.5, 0.6) is 5.75 Å². The number of halogens is 1. The average Bonchev–Trinajstić information content (AvgIpc) is 2.89. The smallest absolute Gasteiger partial charge is 0.297 e. The van der Waals surface area contributed by atoms with Crippen LogP contribution in [0.1, 0.15) is 5.82 Å². The van der Waals surface area contributed by atoms with Gasteiger partial charge in [0.2, 0.25) is 11.2 Å². The van der Waals surface area contributed by atoms with E-state index in [2.05, 4.69) is 30.5 Å². The molecule has 0 radical (unpaired) electrons. The van der Waals surface area contributed by atoms with Crippen molar-refractivity contribution in [2.24, 2.45) is 10.2 Å². The number of fused-ring (bicyclic) bond motifs is 2. The van der Waals surface area contributed by atoms with Crippen molar-refractivity contribution in [1.82, 2.24) is 15.0 Å². The molecule has 44 heavy (non-hydrogen) atoms. The molecule has 4 aromatic carbocycles. The quantitative estimate of drug-likeness (QED) is 0.115. The number of rotatable bonds is 7. The van der Waals surface area contributed by atoms with Crippen LogP contribution in [0.3, 0.4) is 0 Å². The van der Waals surface area contributed by atoms with Gasteiger partial charge in [0.25, 0.3) is 30.4 Å². The molecule has 0 fully saturated rings. The molecule has 5 aromatic rings. The zero-order valence-electron chi connectivity index (χ0n) is 21.8. The third kappa shape index (κ3) is 6.15. The SMILES string of the molecule is Cc1nc(Cl)nc(Nc2cc(S(=O)(=O)O)cc3cc(S(=O)(=O)O)c(N=Nc4ccc5ccccc5c4S(=O)(=O)O)c(O)c23)n1. The predicted molar refractivity (Wildman–Crippen MR) is 156 cm³/mol. The maximum atomic E-state index is 12.4. The fourth-order valence-electron chi connectivity index (χ4n) is 4.31. The monoisotopic (exact) mass is 680 g/mol. The van der Waals surface area contributed by atoms with Crippen LogP contribution in [-0.4, -0.2) is 59.0 Å². The Morgan fingerprint density at radius 2 is 1.50 bits per heavy atom. The first-order chi connectivity index (χ1) is 20.4. The van der Waals surface area contributed by atoms with Gasteiger partial charge in [-0.15, -0.1) is 10.2 Å². The lowest BCUT2D eigenvalue weighted by atomic mass is 10.1. The van der Waals surface area contributed by atoms with Crippen LogP contribution in [0.25, 0.3) is 21.5 Å². The second-order valence-electron chi connectivity index (χ2n) is 9.00. The predicted octanol–water partition coefficient (Wildman–Crippen LogP) is 4.74. The summed E-state index contributed by atoms with van der Waals surface area (Å²) in [6, 6.07) is 11.1. The molecular formula is C24H17ClN6O10S3. The van der Waals surface area contributed by atoms with Crippen LogP contribution in [0, 0.1) is 6.92 Å². The van der Waals surface area contributed by atoms with E-state index in [-0.39, 0.29) is 38.9 Å². The highest BCUT2D eigenvalue weighted by Crippen LogP contribution is 2.46. The molecule has 0 saturated carbocycles. The van der Waals surface area contributed by atoms with E-state index in [0.717, 1.165) is 18.2 Å². The molecule has 0 spiro atoms. The van der Waals surface area contributed by atoms with Gasteiger partial charge in [-0.25, -0.2) is 4.98 Å². The molecule has 0 aliphatic carbocycles. The van der Waals surface area contributed by atoms with Crippen molar-refractivity contribution in [3.63, 3.8) is 0 Å². The van der Waals surface area contributed by atoms with Gasteiger partial charge >= 0.3 is 0 Å². The van der Waals surface area contributed by atoms with Gasteiger partial charge in [-0.05, 0) is 53.6 Å². The normalized spacial score (nSPS) is 12.8. The molecule has 0 atom stereocenters. The Hall–Kier alpha value is -4.37. The highest BCUT2D eigenvalue weighted by Gasteiger charge is 2.26. The van der Waals surface area contributed by atoms with Crippen LogP contribution < -0.4 is 5.32 Å². The molecule has 16 nitrogen and oxygen atoms in total. The van der Waals surface area contributed by atoms with Gasteiger partial charge in [-0.3, -0.25) is 13.7 Å². The van der Waals surface area contributed by atoms with E-state index >= 15 is 0 Å². The zero-order chi connectivity index (χ0) is 32.2. The van der Waals surface area contributed by atoms with Crippen LogP contribution >= 0.6 is 11.6 Å². The summed E-state index contributed by atoms with van der Waals surface area (Å²) in [7, 11) is -15.1. The minimum absolute atomic E-state index is 0.0553. The second kappa shape index (κ2) is 11.0. The molecule has 5 rings (SSSR count). The van der Waals surface area contributed by atoms with Gasteiger partial charge in [0.05, 0.1) is 10.6 Å². The van der Waals surface area contributed by atoms with Crippen LogP contribution in [-0.2, 0) is 30.4 Å². The summed E-state index contributed by atoms with van der Waals surface area (Å²) in [4.78, 5) is 9.15. The molecule has 0 amide bonds.